The van der Waals surface area contributed by atoms with Crippen molar-refractivity contribution in [3.8, 4) is 11.8 Å². The number of methoxy groups -OCH3 is 1. The fraction of sp³-hybridized carbons (Fsp3) is 0.455. The number of nitrogens with one attached hydrogen (secondary N) is 1. The maximum atomic E-state index is 14.2. The van der Waals surface area contributed by atoms with Gasteiger partial charge in [-0.15, -0.1) is 0 Å². The van der Waals surface area contributed by atoms with Crippen molar-refractivity contribution >= 4 is 5.82 Å². The smallest absolute Gasteiger partial charge is 0.165 e. The molecule has 1 N–H and O–H groups in total. The normalized spacial score (nSPS) is 17.9. The first kappa shape index (κ1) is 20.5. The van der Waals surface area contributed by atoms with Crippen LogP contribution in [0.25, 0.3) is 0 Å². The Morgan fingerprint density at radius 2 is 2.10 bits per heavy atom. The number of halogens is 1. The summed E-state index contributed by atoms with van der Waals surface area (Å²) >= 11 is 0. The van der Waals surface area contributed by atoms with Crippen LogP contribution in [-0.4, -0.2) is 51.2 Å². The van der Waals surface area contributed by atoms with Crippen molar-refractivity contribution in [3.63, 3.8) is 0 Å². The van der Waals surface area contributed by atoms with E-state index >= 15 is 0 Å². The van der Waals surface area contributed by atoms with Crippen LogP contribution in [0.5, 0.6) is 5.75 Å². The minimum atomic E-state index is -0.402. The monoisotopic (exact) mass is 412 g/mol. The zero-order valence-corrected chi connectivity index (χ0v) is 16.9. The lowest BCUT2D eigenvalue weighted by atomic mass is 9.83. The average Bonchev–Trinajstić information content (AvgIpc) is 2.76. The van der Waals surface area contributed by atoms with Gasteiger partial charge in [0.15, 0.2) is 17.9 Å². The molecule has 2 saturated heterocycles. The molecule has 1 aromatic carbocycles. The summed E-state index contributed by atoms with van der Waals surface area (Å²) in [5, 5.41) is 12.3. The maximum Gasteiger partial charge on any atom is 0.165 e. The van der Waals surface area contributed by atoms with Crippen molar-refractivity contribution in [1.82, 2.24) is 10.3 Å². The highest BCUT2D eigenvalue weighted by Crippen LogP contribution is 2.30. The van der Waals surface area contributed by atoms with Crippen LogP contribution >= 0.6 is 0 Å². The molecule has 3 heterocycles. The summed E-state index contributed by atoms with van der Waals surface area (Å²) in [6.45, 7) is 4.34. The Kier molecular flexibility index (Phi) is 6.13. The first-order valence-electron chi connectivity index (χ1n) is 9.98. The lowest BCUT2D eigenvalue weighted by molar-refractivity contribution is -0.239. The zero-order valence-electron chi connectivity index (χ0n) is 16.9. The highest BCUT2D eigenvalue weighted by atomic mass is 19.1. The number of ether oxygens (including phenoxy) is 3. The van der Waals surface area contributed by atoms with Crippen LogP contribution in [0.2, 0.25) is 0 Å². The van der Waals surface area contributed by atoms with Gasteiger partial charge in [0.2, 0.25) is 0 Å². The molecule has 0 bridgehead atoms. The van der Waals surface area contributed by atoms with Crippen LogP contribution in [0.15, 0.2) is 36.5 Å². The van der Waals surface area contributed by atoms with Crippen LogP contribution in [0, 0.1) is 22.6 Å². The summed E-state index contributed by atoms with van der Waals surface area (Å²) < 4.78 is 31.0. The molecule has 0 saturated carbocycles. The fourth-order valence-electron chi connectivity index (χ4n) is 3.68. The van der Waals surface area contributed by atoms with Gasteiger partial charge < -0.3 is 24.4 Å². The van der Waals surface area contributed by atoms with E-state index < -0.39 is 5.82 Å². The minimum Gasteiger partial charge on any atom is -0.494 e. The number of benzene rings is 1. The van der Waals surface area contributed by atoms with Gasteiger partial charge in [-0.25, -0.2) is 9.37 Å². The predicted molar refractivity (Wildman–Crippen MR) is 109 cm³/mol. The van der Waals surface area contributed by atoms with Gasteiger partial charge in [0.05, 0.1) is 25.9 Å². The standard InChI is InChI=1S/C22H25FN4O3/c1-28-19-4-2-16(8-18(19)23)11-27(20-5-3-17(9-24)10-26-20)7-6-21-29-14-22(15-30-21)12-25-13-22/h2-5,8,10,21,25H,6-7,11-15H2,1H3. The molecular formula is C22H25FN4O3. The second kappa shape index (κ2) is 8.96. The first-order chi connectivity index (χ1) is 14.6. The van der Waals surface area contributed by atoms with Crippen LogP contribution in [0.1, 0.15) is 17.5 Å². The third-order valence-corrected chi connectivity index (χ3v) is 5.58. The Bertz CT molecular complexity index is 902. The van der Waals surface area contributed by atoms with Gasteiger partial charge in [0.25, 0.3) is 0 Å². The van der Waals surface area contributed by atoms with Crippen molar-refractivity contribution in [2.24, 2.45) is 5.41 Å². The number of rotatable bonds is 7. The van der Waals surface area contributed by atoms with E-state index in [4.69, 9.17) is 19.5 Å². The van der Waals surface area contributed by atoms with Gasteiger partial charge in [-0.1, -0.05) is 6.07 Å². The molecule has 1 spiro atoms. The van der Waals surface area contributed by atoms with E-state index in [0.29, 0.717) is 44.1 Å². The van der Waals surface area contributed by atoms with Crippen LogP contribution in [-0.2, 0) is 16.0 Å². The Morgan fingerprint density at radius 1 is 1.30 bits per heavy atom. The molecule has 1 aromatic heterocycles. The Morgan fingerprint density at radius 3 is 2.67 bits per heavy atom. The van der Waals surface area contributed by atoms with Crippen LogP contribution in [0.3, 0.4) is 0 Å². The molecule has 0 unspecified atom stereocenters. The molecule has 0 aliphatic carbocycles. The van der Waals surface area contributed by atoms with Gasteiger partial charge in [-0.2, -0.15) is 5.26 Å². The van der Waals surface area contributed by atoms with Gasteiger partial charge >= 0.3 is 0 Å². The Balaban J connectivity index is 1.44. The second-order valence-corrected chi connectivity index (χ2v) is 7.85. The van der Waals surface area contributed by atoms with E-state index in [0.717, 1.165) is 18.7 Å². The fourth-order valence-corrected chi connectivity index (χ4v) is 3.68. The van der Waals surface area contributed by atoms with Crippen molar-refractivity contribution in [1.29, 1.82) is 5.26 Å². The van der Waals surface area contributed by atoms with Crippen LogP contribution < -0.4 is 15.0 Å². The lowest BCUT2D eigenvalue weighted by Crippen LogP contribution is -2.61. The third-order valence-electron chi connectivity index (χ3n) is 5.58. The summed E-state index contributed by atoms with van der Waals surface area (Å²) in [6.07, 6.45) is 1.92. The number of pyridine rings is 1. The summed E-state index contributed by atoms with van der Waals surface area (Å²) in [6, 6.07) is 10.5. The first-order valence-corrected chi connectivity index (χ1v) is 9.98. The van der Waals surface area contributed by atoms with Gasteiger partial charge in [0, 0.05) is 44.2 Å². The van der Waals surface area contributed by atoms with Gasteiger partial charge in [-0.05, 0) is 29.8 Å². The molecule has 158 valence electrons. The average molecular weight is 412 g/mol. The van der Waals surface area contributed by atoms with E-state index in [1.807, 2.05) is 11.0 Å². The quantitative estimate of drug-likeness (QED) is 0.748. The highest BCUT2D eigenvalue weighted by molar-refractivity contribution is 5.43. The molecule has 4 rings (SSSR count). The van der Waals surface area contributed by atoms with Crippen molar-refractivity contribution in [2.45, 2.75) is 19.3 Å². The summed E-state index contributed by atoms with van der Waals surface area (Å²) in [4.78, 5) is 6.44. The summed E-state index contributed by atoms with van der Waals surface area (Å²) in [5.41, 5.74) is 1.42. The molecule has 0 radical (unpaired) electrons. The van der Waals surface area contributed by atoms with E-state index in [-0.39, 0.29) is 17.5 Å². The Labute approximate surface area is 175 Å². The zero-order chi connectivity index (χ0) is 21.0. The largest absolute Gasteiger partial charge is 0.494 e. The molecule has 2 aromatic rings. The molecule has 2 aliphatic rings. The van der Waals surface area contributed by atoms with Crippen molar-refractivity contribution in [3.05, 3.63) is 53.5 Å². The van der Waals surface area contributed by atoms with Crippen molar-refractivity contribution in [2.75, 3.05) is 44.9 Å². The highest BCUT2D eigenvalue weighted by Gasteiger charge is 2.42. The number of anilines is 1. The molecule has 8 heteroatoms. The number of hydrogen-bond donors (Lipinski definition) is 1. The van der Waals surface area contributed by atoms with E-state index in [2.05, 4.69) is 16.4 Å². The van der Waals surface area contributed by atoms with Gasteiger partial charge in [-0.3, -0.25) is 0 Å². The topological polar surface area (TPSA) is 79.6 Å². The molecule has 2 aliphatic heterocycles. The molecule has 2 fully saturated rings. The number of nitriles is 1. The maximum absolute atomic E-state index is 14.2. The molecule has 30 heavy (non-hydrogen) atoms. The molecule has 0 atom stereocenters. The lowest BCUT2D eigenvalue weighted by Gasteiger charge is -2.46. The van der Waals surface area contributed by atoms with E-state index in [1.165, 1.54) is 19.4 Å². The SMILES string of the molecule is COc1ccc(CN(CCC2OCC3(CNC3)CO2)c2ccc(C#N)cn2)cc1F. The Hall–Kier alpha value is -2.73. The van der Waals surface area contributed by atoms with E-state index in [9.17, 15) is 4.39 Å². The van der Waals surface area contributed by atoms with Crippen LogP contribution in [0.4, 0.5) is 10.2 Å². The number of hydrogen-bond acceptors (Lipinski definition) is 7. The molecular weight excluding hydrogens is 387 g/mol. The third kappa shape index (κ3) is 4.54. The predicted octanol–water partition coefficient (Wildman–Crippen LogP) is 2.46. The summed E-state index contributed by atoms with van der Waals surface area (Å²) in [7, 11) is 1.44. The number of nitrogens with zero attached hydrogens (tertiary/aromatic N) is 3. The molecule has 0 amide bonds. The van der Waals surface area contributed by atoms with Gasteiger partial charge in [0.1, 0.15) is 11.9 Å². The second-order valence-electron chi connectivity index (χ2n) is 7.85. The molecule has 7 nitrogen and oxygen atoms in total. The van der Waals surface area contributed by atoms with Crippen molar-refractivity contribution < 1.29 is 18.6 Å². The summed E-state index contributed by atoms with van der Waals surface area (Å²) in [5.74, 6) is 0.520. The van der Waals surface area contributed by atoms with E-state index in [1.54, 1.807) is 18.2 Å². The number of aromatic nitrogens is 1. The minimum absolute atomic E-state index is 0.130.